The normalized spacial score (nSPS) is 30.2. The molecule has 7 atom stereocenters. The van der Waals surface area contributed by atoms with Gasteiger partial charge in [0.15, 0.2) is 0 Å². The molecule has 3 saturated carbocycles. The van der Waals surface area contributed by atoms with Crippen LogP contribution in [0.25, 0.3) is 0 Å². The zero-order chi connectivity index (χ0) is 37.5. The Hall–Kier alpha value is -2.46. The van der Waals surface area contributed by atoms with Crippen LogP contribution in [0.5, 0.6) is 0 Å². The topological polar surface area (TPSA) is 75.7 Å². The van der Waals surface area contributed by atoms with E-state index in [1.807, 2.05) is 0 Å². The van der Waals surface area contributed by atoms with Crippen LogP contribution >= 0.6 is 0 Å². The fourth-order valence-corrected chi connectivity index (χ4v) is 10.1. The van der Waals surface area contributed by atoms with Gasteiger partial charge in [0.1, 0.15) is 5.78 Å². The lowest BCUT2D eigenvalue weighted by Crippen LogP contribution is -2.39. The lowest BCUT2D eigenvalue weighted by molar-refractivity contribution is -0.126. The van der Waals surface area contributed by atoms with E-state index >= 15 is 0 Å². The summed E-state index contributed by atoms with van der Waals surface area (Å²) in [7, 11) is 0. The number of allylic oxidation sites excluding steroid dienone is 12. The third-order valence-electron chi connectivity index (χ3n) is 13.0. The molecule has 52 heavy (non-hydrogen) atoms. The highest BCUT2D eigenvalue weighted by molar-refractivity contribution is 5.87. The Morgan fingerprint density at radius 2 is 1.12 bits per heavy atom. The number of carbonyl (C=O) groups excluding carboxylic acids is 1. The second-order valence-corrected chi connectivity index (χ2v) is 18.0. The second kappa shape index (κ2) is 22.0. The lowest BCUT2D eigenvalue weighted by atomic mass is 9.68. The van der Waals surface area contributed by atoms with Gasteiger partial charge in [0, 0.05) is 24.3 Å². The van der Waals surface area contributed by atoms with E-state index in [1.165, 1.54) is 119 Å². The quantitative estimate of drug-likeness (QED) is 0.142. The van der Waals surface area contributed by atoms with E-state index in [0.717, 1.165) is 55.6 Å². The molecule has 6 aliphatic rings. The summed E-state index contributed by atoms with van der Waals surface area (Å²) in [4.78, 5) is 11.8. The fraction of sp³-hybridized carbons (Fsp3) is 0.708. The zero-order valence-electron chi connectivity index (χ0n) is 34.2. The van der Waals surface area contributed by atoms with Gasteiger partial charge in [-0.2, -0.15) is 0 Å². The minimum Gasteiger partial charge on any atom is -0.411 e. The molecule has 0 saturated heterocycles. The van der Waals surface area contributed by atoms with Gasteiger partial charge in [0.2, 0.25) is 0 Å². The molecule has 0 aliphatic heterocycles. The van der Waals surface area contributed by atoms with Gasteiger partial charge in [-0.25, -0.2) is 0 Å². The van der Waals surface area contributed by atoms with Crippen molar-refractivity contribution in [3.63, 3.8) is 0 Å². The Bertz CT molecular complexity index is 1360. The third kappa shape index (κ3) is 13.7. The van der Waals surface area contributed by atoms with E-state index in [1.54, 1.807) is 16.7 Å². The molecule has 6 rings (SSSR count). The minimum atomic E-state index is 0.371. The van der Waals surface area contributed by atoms with Crippen molar-refractivity contribution in [1.82, 2.24) is 0 Å². The molecule has 0 aromatic heterocycles. The molecule has 4 heteroatoms. The SMILES string of the molecule is CC(C)=CCCC1=CC[C@H]2/C(=N/O)CCC[C@H]2C1.CC(C)=CCCC1=CC[C@H]2C(=O)CCC[C@H]2C1.CC(C)=CCCC1=CC[C@H]2C(N)CCC[C@H]2C1. The molecule has 290 valence electrons. The zero-order valence-corrected chi connectivity index (χ0v) is 34.2. The molecule has 6 aliphatic carbocycles. The van der Waals surface area contributed by atoms with Gasteiger partial charge in [-0.15, -0.1) is 0 Å². The minimum absolute atomic E-state index is 0.371. The molecular weight excluding hydrogens is 637 g/mol. The summed E-state index contributed by atoms with van der Waals surface area (Å²) >= 11 is 0. The van der Waals surface area contributed by atoms with Crippen LogP contribution in [0.15, 0.2) is 75.1 Å². The second-order valence-electron chi connectivity index (χ2n) is 18.0. The summed E-state index contributed by atoms with van der Waals surface area (Å²) in [6.07, 6.45) is 39.3. The average Bonchev–Trinajstić information content (AvgIpc) is 3.11. The van der Waals surface area contributed by atoms with Gasteiger partial charge in [-0.3, -0.25) is 4.79 Å². The molecule has 3 fully saturated rings. The summed E-state index contributed by atoms with van der Waals surface area (Å²) in [6, 6.07) is 0.476. The third-order valence-corrected chi connectivity index (χ3v) is 13.0. The number of fused-ring (bicyclic) bond motifs is 3. The van der Waals surface area contributed by atoms with Crippen molar-refractivity contribution in [1.29, 1.82) is 0 Å². The van der Waals surface area contributed by atoms with E-state index in [4.69, 9.17) is 10.9 Å². The summed E-state index contributed by atoms with van der Waals surface area (Å²) in [5.74, 6) is 4.51. The Morgan fingerprint density at radius 1 is 0.654 bits per heavy atom. The summed E-state index contributed by atoms with van der Waals surface area (Å²) in [5.41, 5.74) is 16.5. The van der Waals surface area contributed by atoms with E-state index in [-0.39, 0.29) is 0 Å². The molecule has 0 heterocycles. The van der Waals surface area contributed by atoms with Gasteiger partial charge >= 0.3 is 0 Å². The van der Waals surface area contributed by atoms with E-state index in [2.05, 4.69) is 83.2 Å². The molecule has 3 N–H and O–H groups in total. The molecule has 0 aromatic carbocycles. The summed E-state index contributed by atoms with van der Waals surface area (Å²) in [5, 5.41) is 12.6. The summed E-state index contributed by atoms with van der Waals surface area (Å²) in [6.45, 7) is 13.0. The number of ketones is 1. The Labute approximate surface area is 319 Å². The van der Waals surface area contributed by atoms with E-state index < -0.39 is 0 Å². The van der Waals surface area contributed by atoms with Crippen molar-refractivity contribution >= 4 is 11.5 Å². The number of nitrogens with zero attached hydrogens (tertiary/aromatic N) is 1. The van der Waals surface area contributed by atoms with E-state index in [9.17, 15) is 4.79 Å². The lowest BCUT2D eigenvalue weighted by Gasteiger charge is -2.39. The largest absolute Gasteiger partial charge is 0.411 e. The van der Waals surface area contributed by atoms with Crippen molar-refractivity contribution < 1.29 is 10.0 Å². The highest BCUT2D eigenvalue weighted by atomic mass is 16.4. The van der Waals surface area contributed by atoms with Crippen molar-refractivity contribution in [2.45, 2.75) is 182 Å². The van der Waals surface area contributed by atoms with E-state index in [0.29, 0.717) is 29.6 Å². The fourth-order valence-electron chi connectivity index (χ4n) is 10.1. The highest BCUT2D eigenvalue weighted by Crippen LogP contribution is 2.42. The standard InChI is InChI=1S/C16H25NO.C16H27N.C16H24O/c1-12(2)5-3-6-13-9-10-15-14(11-13)7-4-8-16(15)17-18;2*1-12(2)5-3-6-13-9-10-15-14(11-13)7-4-8-16(15)17/h5,9,14-15,18H,3-4,6-8,10-11H2,1-2H3;5,9,14-16H,3-4,6-8,10-11,17H2,1-2H3;5,9,14-15H,3-4,6-8,10-11H2,1-2H3/b17-16+;;/t14-,15+;14-,15+,16?;14-,15+/m000/s1. The first-order valence-corrected chi connectivity index (χ1v) is 21.5. The number of Topliss-reactive ketones (excluding diaryl/α,β-unsaturated/α-hetero) is 1. The van der Waals surface area contributed by atoms with Crippen molar-refractivity contribution in [2.75, 3.05) is 0 Å². The Morgan fingerprint density at radius 3 is 1.65 bits per heavy atom. The maximum absolute atomic E-state index is 11.8. The van der Waals surface area contributed by atoms with Crippen LogP contribution in [0.3, 0.4) is 0 Å². The molecule has 0 bridgehead atoms. The number of carbonyl (C=O) groups is 1. The van der Waals surface area contributed by atoms with Crippen molar-refractivity contribution in [2.24, 2.45) is 46.4 Å². The first kappa shape index (κ1) is 42.3. The van der Waals surface area contributed by atoms with Gasteiger partial charge < -0.3 is 10.9 Å². The van der Waals surface area contributed by atoms with Crippen molar-refractivity contribution in [3.05, 3.63) is 69.9 Å². The first-order chi connectivity index (χ1) is 25.0. The maximum Gasteiger partial charge on any atom is 0.136 e. The highest BCUT2D eigenvalue weighted by Gasteiger charge is 2.35. The molecule has 0 aromatic rings. The predicted octanol–water partition coefficient (Wildman–Crippen LogP) is 13.3. The first-order valence-electron chi connectivity index (χ1n) is 21.5. The van der Waals surface area contributed by atoms with Crippen molar-refractivity contribution in [3.8, 4) is 0 Å². The van der Waals surface area contributed by atoms with Crippen LogP contribution < -0.4 is 5.73 Å². The molecule has 4 nitrogen and oxygen atoms in total. The number of rotatable bonds is 9. The predicted molar refractivity (Wildman–Crippen MR) is 223 cm³/mol. The molecular formula is C48H76N2O2. The van der Waals surface area contributed by atoms with Crippen LogP contribution in [0, 0.1) is 35.5 Å². The van der Waals surface area contributed by atoms with Crippen LogP contribution in [-0.4, -0.2) is 22.7 Å². The van der Waals surface area contributed by atoms with Crippen LogP contribution in [0.1, 0.15) is 176 Å². The number of hydrogen-bond acceptors (Lipinski definition) is 4. The Balaban J connectivity index is 0.000000175. The van der Waals surface area contributed by atoms with Gasteiger partial charge in [-0.1, -0.05) is 81.5 Å². The molecule has 0 spiro atoms. The average molecular weight is 713 g/mol. The Kier molecular flexibility index (Phi) is 17.9. The maximum atomic E-state index is 11.8. The van der Waals surface area contributed by atoms with Gasteiger partial charge in [-0.05, 0) is 187 Å². The molecule has 0 amide bonds. The molecule has 1 unspecified atom stereocenters. The molecule has 0 radical (unpaired) electrons. The monoisotopic (exact) mass is 713 g/mol. The van der Waals surface area contributed by atoms with Gasteiger partial charge in [0.25, 0.3) is 0 Å². The smallest absolute Gasteiger partial charge is 0.136 e. The van der Waals surface area contributed by atoms with Crippen LogP contribution in [0.2, 0.25) is 0 Å². The number of nitrogens with two attached hydrogens (primary N) is 1. The summed E-state index contributed by atoms with van der Waals surface area (Å²) < 4.78 is 0. The van der Waals surface area contributed by atoms with Gasteiger partial charge in [0.05, 0.1) is 5.71 Å². The number of hydrogen-bond donors (Lipinski definition) is 2. The van der Waals surface area contributed by atoms with Crippen LogP contribution in [0.4, 0.5) is 0 Å². The number of oxime groups is 1. The van der Waals surface area contributed by atoms with Crippen LogP contribution in [-0.2, 0) is 4.79 Å².